The summed E-state index contributed by atoms with van der Waals surface area (Å²) in [6.07, 6.45) is 0. The molecule has 2 nitrogen and oxygen atoms in total. The number of hydrogen-bond donors (Lipinski definition) is 1. The van der Waals surface area contributed by atoms with E-state index in [0.717, 1.165) is 0 Å². The number of benzene rings is 1. The molecule has 0 unspecified atom stereocenters. The fraction of sp³-hybridized carbons (Fsp3) is 0.333. The van der Waals surface area contributed by atoms with Gasteiger partial charge in [0.15, 0.2) is 0 Å². The fourth-order valence-corrected chi connectivity index (χ4v) is 1.13. The highest BCUT2D eigenvalue weighted by atomic mass is 19.1. The Kier molecular flexibility index (Phi) is 3.31. The minimum absolute atomic E-state index is 0.362. The number of ether oxygens (including phenoxy) is 1. The van der Waals surface area contributed by atoms with Gasteiger partial charge in [-0.3, -0.25) is 0 Å². The van der Waals surface area contributed by atoms with E-state index in [0.29, 0.717) is 17.8 Å². The van der Waals surface area contributed by atoms with Crippen LogP contribution in [-0.4, -0.2) is 18.5 Å². The van der Waals surface area contributed by atoms with Crippen LogP contribution in [0.3, 0.4) is 0 Å². The summed E-state index contributed by atoms with van der Waals surface area (Å²) in [5.41, 5.74) is 0.488. The van der Waals surface area contributed by atoms with Crippen LogP contribution in [-0.2, 0) is 0 Å². The van der Waals surface area contributed by atoms with Crippen molar-refractivity contribution in [3.8, 4) is 5.75 Å². The zero-order chi connectivity index (χ0) is 9.84. The van der Waals surface area contributed by atoms with Gasteiger partial charge in [-0.1, -0.05) is 6.82 Å². The lowest BCUT2D eigenvalue weighted by molar-refractivity contribution is 0.342. The molecule has 0 saturated carbocycles. The maximum absolute atomic E-state index is 12.8. The number of halogens is 1. The molecule has 1 aromatic rings. The third kappa shape index (κ3) is 2.46. The van der Waals surface area contributed by atoms with Crippen LogP contribution in [0, 0.1) is 5.82 Å². The second-order valence-corrected chi connectivity index (χ2v) is 2.79. The van der Waals surface area contributed by atoms with E-state index in [1.165, 1.54) is 18.2 Å². The van der Waals surface area contributed by atoms with Gasteiger partial charge in [-0.2, -0.15) is 0 Å². The molecule has 0 amide bonds. The van der Waals surface area contributed by atoms with Crippen molar-refractivity contribution < 1.29 is 14.2 Å². The monoisotopic (exact) mass is 182 g/mol. The van der Waals surface area contributed by atoms with Crippen molar-refractivity contribution >= 4 is 12.4 Å². The Labute approximate surface area is 77.5 Å². The Bertz CT molecular complexity index is 289. The highest BCUT2D eigenvalue weighted by Crippen LogP contribution is 2.09. The van der Waals surface area contributed by atoms with Gasteiger partial charge in [0.25, 0.3) is 0 Å². The Morgan fingerprint density at radius 3 is 2.77 bits per heavy atom. The van der Waals surface area contributed by atoms with Crippen molar-refractivity contribution in [3.63, 3.8) is 0 Å². The minimum Gasteiger partial charge on any atom is -0.494 e. The average Bonchev–Trinajstić information content (AvgIpc) is 2.08. The third-order valence-electron chi connectivity index (χ3n) is 1.72. The highest BCUT2D eigenvalue weighted by Gasteiger charge is 2.13. The molecule has 70 valence electrons. The van der Waals surface area contributed by atoms with Crippen molar-refractivity contribution in [1.82, 2.24) is 0 Å². The first kappa shape index (κ1) is 10.1. The van der Waals surface area contributed by atoms with Gasteiger partial charge in [0.1, 0.15) is 11.6 Å². The highest BCUT2D eigenvalue weighted by molar-refractivity contribution is 6.65. The normalized spacial score (nSPS) is 9.85. The minimum atomic E-state index is -0.711. The lowest BCUT2D eigenvalue weighted by Crippen LogP contribution is -2.28. The molecule has 0 aliphatic rings. The predicted octanol–water partition coefficient (Wildman–Crippen LogP) is 1.04. The first-order chi connectivity index (χ1) is 6.15. The molecule has 0 heterocycles. The molecule has 0 radical (unpaired) electrons. The summed E-state index contributed by atoms with van der Waals surface area (Å²) in [4.78, 5) is 0. The summed E-state index contributed by atoms with van der Waals surface area (Å²) < 4.78 is 18.0. The van der Waals surface area contributed by atoms with Gasteiger partial charge in [0.2, 0.25) is 0 Å². The zero-order valence-corrected chi connectivity index (χ0v) is 7.75. The zero-order valence-electron chi connectivity index (χ0n) is 7.75. The summed E-state index contributed by atoms with van der Waals surface area (Å²) >= 11 is 0. The van der Waals surface area contributed by atoms with E-state index < -0.39 is 6.92 Å². The van der Waals surface area contributed by atoms with Crippen molar-refractivity contribution in [2.24, 2.45) is 0 Å². The van der Waals surface area contributed by atoms with Crippen molar-refractivity contribution in [2.45, 2.75) is 13.7 Å². The van der Waals surface area contributed by atoms with E-state index in [4.69, 9.17) is 4.74 Å². The molecule has 13 heavy (non-hydrogen) atoms. The molecule has 0 atom stereocenters. The predicted molar refractivity (Wildman–Crippen MR) is 51.0 cm³/mol. The maximum Gasteiger partial charge on any atom is 0.324 e. The molecule has 4 heteroatoms. The molecular formula is C9H12BFO2. The van der Waals surface area contributed by atoms with Gasteiger partial charge in [-0.05, 0) is 30.6 Å². The van der Waals surface area contributed by atoms with E-state index in [9.17, 15) is 9.41 Å². The largest absolute Gasteiger partial charge is 0.494 e. The van der Waals surface area contributed by atoms with E-state index in [1.54, 1.807) is 6.82 Å². The van der Waals surface area contributed by atoms with E-state index in [-0.39, 0.29) is 5.82 Å². The third-order valence-corrected chi connectivity index (χ3v) is 1.72. The van der Waals surface area contributed by atoms with Crippen LogP contribution in [0.2, 0.25) is 6.82 Å². The SMILES string of the molecule is CCOc1ccc(F)cc1B(C)O. The summed E-state index contributed by atoms with van der Waals surface area (Å²) in [6.45, 7) is 3.22. The van der Waals surface area contributed by atoms with Gasteiger partial charge < -0.3 is 9.76 Å². The molecule has 1 aromatic carbocycles. The van der Waals surface area contributed by atoms with Gasteiger partial charge >= 0.3 is 6.92 Å². The van der Waals surface area contributed by atoms with E-state index in [2.05, 4.69) is 0 Å². The summed E-state index contributed by atoms with van der Waals surface area (Å²) in [5, 5.41) is 9.31. The Morgan fingerprint density at radius 2 is 2.23 bits per heavy atom. The molecule has 1 N–H and O–H groups in total. The van der Waals surface area contributed by atoms with Gasteiger partial charge in [0, 0.05) is 0 Å². The quantitative estimate of drug-likeness (QED) is 0.707. The second-order valence-electron chi connectivity index (χ2n) is 2.79. The van der Waals surface area contributed by atoms with Crippen LogP contribution in [0.1, 0.15) is 6.92 Å². The smallest absolute Gasteiger partial charge is 0.324 e. The molecule has 0 aliphatic carbocycles. The first-order valence-electron chi connectivity index (χ1n) is 4.25. The Hall–Kier alpha value is -1.03. The number of rotatable bonds is 3. The molecule has 0 saturated heterocycles. The van der Waals surface area contributed by atoms with Crippen LogP contribution in [0.15, 0.2) is 18.2 Å². The summed E-state index contributed by atoms with van der Waals surface area (Å²) in [5.74, 6) is 0.179. The Balaban J connectivity index is 3.03. The van der Waals surface area contributed by atoms with Crippen LogP contribution < -0.4 is 10.2 Å². The molecule has 0 bridgehead atoms. The molecule has 0 aliphatic heterocycles. The molecular weight excluding hydrogens is 170 g/mol. The average molecular weight is 182 g/mol. The van der Waals surface area contributed by atoms with Crippen molar-refractivity contribution in [1.29, 1.82) is 0 Å². The fourth-order valence-electron chi connectivity index (χ4n) is 1.13. The number of hydrogen-bond acceptors (Lipinski definition) is 2. The van der Waals surface area contributed by atoms with E-state index >= 15 is 0 Å². The summed E-state index contributed by atoms with van der Waals surface area (Å²) in [6, 6.07) is 4.13. The standard InChI is InChI=1S/C9H12BFO2/c1-3-13-9-5-4-7(11)6-8(9)10(2)12/h4-6,12H,3H2,1-2H3. The summed E-state index contributed by atoms with van der Waals surface area (Å²) in [7, 11) is 0. The maximum atomic E-state index is 12.8. The van der Waals surface area contributed by atoms with Crippen LogP contribution in [0.25, 0.3) is 0 Å². The van der Waals surface area contributed by atoms with Gasteiger partial charge in [0.05, 0.1) is 6.61 Å². The topological polar surface area (TPSA) is 29.5 Å². The lowest BCUT2D eigenvalue weighted by atomic mass is 9.64. The molecule has 0 spiro atoms. The molecule has 0 fully saturated rings. The second kappa shape index (κ2) is 4.28. The van der Waals surface area contributed by atoms with Crippen LogP contribution in [0.5, 0.6) is 5.75 Å². The van der Waals surface area contributed by atoms with Crippen LogP contribution in [0.4, 0.5) is 4.39 Å². The molecule has 0 aromatic heterocycles. The van der Waals surface area contributed by atoms with Crippen LogP contribution >= 0.6 is 0 Å². The Morgan fingerprint density at radius 1 is 1.54 bits per heavy atom. The lowest BCUT2D eigenvalue weighted by Gasteiger charge is -2.09. The van der Waals surface area contributed by atoms with Gasteiger partial charge in [-0.15, -0.1) is 0 Å². The van der Waals surface area contributed by atoms with Crippen molar-refractivity contribution in [3.05, 3.63) is 24.0 Å². The van der Waals surface area contributed by atoms with E-state index in [1.807, 2.05) is 6.92 Å². The van der Waals surface area contributed by atoms with Crippen molar-refractivity contribution in [2.75, 3.05) is 6.61 Å². The molecule has 1 rings (SSSR count). The van der Waals surface area contributed by atoms with Gasteiger partial charge in [-0.25, -0.2) is 4.39 Å². The first-order valence-corrected chi connectivity index (χ1v) is 4.25.